The monoisotopic (exact) mass is 306 g/mol. The van der Waals surface area contributed by atoms with Gasteiger partial charge in [-0.2, -0.15) is 0 Å². The summed E-state index contributed by atoms with van der Waals surface area (Å²) in [7, 11) is 0. The van der Waals surface area contributed by atoms with Crippen molar-refractivity contribution in [2.75, 3.05) is 0 Å². The lowest BCUT2D eigenvalue weighted by Crippen LogP contribution is -2.42. The summed E-state index contributed by atoms with van der Waals surface area (Å²) in [6.45, 7) is 7.98. The van der Waals surface area contributed by atoms with Gasteiger partial charge in [-0.25, -0.2) is 4.79 Å². The van der Waals surface area contributed by atoms with Gasteiger partial charge in [-0.05, 0) is 66.2 Å². The minimum Gasteiger partial charge on any atom is -0.428 e. The van der Waals surface area contributed by atoms with Crippen LogP contribution in [0.15, 0.2) is 24.3 Å². The molecule has 0 aromatic rings. The number of carbonyl (C=O) groups excluding carboxylic acids is 1. The van der Waals surface area contributed by atoms with Gasteiger partial charge in [0.15, 0.2) is 0 Å². The van der Waals surface area contributed by atoms with Crippen molar-refractivity contribution >= 4 is 6.16 Å². The second-order valence-electron chi connectivity index (χ2n) is 7.62. The summed E-state index contributed by atoms with van der Waals surface area (Å²) in [5.74, 6) is 0.733. The highest BCUT2D eigenvalue weighted by Crippen LogP contribution is 2.35. The minimum atomic E-state index is -0.529. The van der Waals surface area contributed by atoms with E-state index in [0.29, 0.717) is 11.8 Å². The van der Waals surface area contributed by atoms with Crippen LogP contribution in [0.4, 0.5) is 4.79 Å². The molecule has 0 N–H and O–H groups in total. The van der Waals surface area contributed by atoms with E-state index in [0.717, 1.165) is 38.5 Å². The fourth-order valence-corrected chi connectivity index (χ4v) is 3.47. The Kier molecular flexibility index (Phi) is 5.36. The zero-order valence-electron chi connectivity index (χ0n) is 14.4. The lowest BCUT2D eigenvalue weighted by molar-refractivity contribution is -0.0956. The van der Waals surface area contributed by atoms with Crippen molar-refractivity contribution in [2.24, 2.45) is 11.8 Å². The van der Waals surface area contributed by atoms with E-state index in [4.69, 9.17) is 9.47 Å². The van der Waals surface area contributed by atoms with Crippen molar-refractivity contribution < 1.29 is 14.3 Å². The van der Waals surface area contributed by atoms with Crippen molar-refractivity contribution in [1.82, 2.24) is 0 Å². The summed E-state index contributed by atoms with van der Waals surface area (Å²) in [5, 5.41) is 0. The van der Waals surface area contributed by atoms with Gasteiger partial charge in [0.05, 0.1) is 0 Å². The van der Waals surface area contributed by atoms with Crippen molar-refractivity contribution in [2.45, 2.75) is 77.4 Å². The van der Waals surface area contributed by atoms with Crippen LogP contribution in [0.2, 0.25) is 0 Å². The number of carbonyl (C=O) groups is 1. The lowest BCUT2D eigenvalue weighted by Gasteiger charge is -2.38. The molecule has 3 heteroatoms. The van der Waals surface area contributed by atoms with Crippen molar-refractivity contribution in [3.05, 3.63) is 24.3 Å². The molecule has 124 valence electrons. The van der Waals surface area contributed by atoms with Gasteiger partial charge in [0, 0.05) is 11.8 Å². The topological polar surface area (TPSA) is 35.5 Å². The van der Waals surface area contributed by atoms with Crippen LogP contribution >= 0.6 is 0 Å². The summed E-state index contributed by atoms with van der Waals surface area (Å²) in [4.78, 5) is 12.3. The molecule has 0 bridgehead atoms. The molecular formula is C19H30O3. The van der Waals surface area contributed by atoms with E-state index in [1.165, 1.54) is 0 Å². The van der Waals surface area contributed by atoms with Crippen molar-refractivity contribution in [3.63, 3.8) is 0 Å². The predicted octanol–water partition coefficient (Wildman–Crippen LogP) is 5.41. The average molecular weight is 306 g/mol. The zero-order valence-corrected chi connectivity index (χ0v) is 14.4. The average Bonchev–Trinajstić information content (AvgIpc) is 2.48. The van der Waals surface area contributed by atoms with Crippen LogP contribution in [0.5, 0.6) is 0 Å². The maximum Gasteiger partial charge on any atom is 0.509 e. The van der Waals surface area contributed by atoms with Gasteiger partial charge in [0.2, 0.25) is 0 Å². The molecule has 0 aromatic heterocycles. The third-order valence-corrected chi connectivity index (χ3v) is 5.20. The molecule has 2 unspecified atom stereocenters. The van der Waals surface area contributed by atoms with Crippen LogP contribution in [0.1, 0.15) is 66.2 Å². The van der Waals surface area contributed by atoms with Crippen LogP contribution in [0.25, 0.3) is 0 Å². The number of hydrogen-bond acceptors (Lipinski definition) is 3. The summed E-state index contributed by atoms with van der Waals surface area (Å²) in [5.41, 5.74) is -0.964. The molecule has 2 aliphatic rings. The van der Waals surface area contributed by atoms with Gasteiger partial charge in [-0.1, -0.05) is 24.3 Å². The highest BCUT2D eigenvalue weighted by molar-refractivity contribution is 5.61. The van der Waals surface area contributed by atoms with E-state index >= 15 is 0 Å². The predicted molar refractivity (Wildman–Crippen MR) is 88.7 cm³/mol. The molecule has 0 aliphatic heterocycles. The smallest absolute Gasteiger partial charge is 0.428 e. The molecule has 2 rings (SSSR count). The standard InChI is InChI=1S/C19H30O3/c1-18(2,15-11-7-5-8-12-15)21-17(20)22-19(3,4)16-13-9-6-10-14-16/h5-7,9,15-16H,8,10-14H2,1-4H3. The van der Waals surface area contributed by atoms with E-state index in [2.05, 4.69) is 24.3 Å². The summed E-state index contributed by atoms with van der Waals surface area (Å²) in [6, 6.07) is 0. The number of rotatable bonds is 4. The molecule has 0 saturated carbocycles. The Labute approximate surface area is 134 Å². The first-order valence-corrected chi connectivity index (χ1v) is 8.53. The molecule has 0 heterocycles. The first-order chi connectivity index (χ1) is 10.3. The van der Waals surface area contributed by atoms with Gasteiger partial charge in [-0.15, -0.1) is 0 Å². The fraction of sp³-hybridized carbons (Fsp3) is 0.737. The Hall–Kier alpha value is -1.25. The number of allylic oxidation sites excluding steroid dienone is 4. The van der Waals surface area contributed by atoms with Crippen LogP contribution < -0.4 is 0 Å². The Bertz CT molecular complexity index is 406. The van der Waals surface area contributed by atoms with Crippen LogP contribution in [-0.4, -0.2) is 17.4 Å². The largest absolute Gasteiger partial charge is 0.509 e. The Morgan fingerprint density at radius 3 is 1.55 bits per heavy atom. The van der Waals surface area contributed by atoms with Crippen LogP contribution in [-0.2, 0) is 9.47 Å². The van der Waals surface area contributed by atoms with Gasteiger partial charge >= 0.3 is 6.16 Å². The van der Waals surface area contributed by atoms with E-state index in [-0.39, 0.29) is 0 Å². The third-order valence-electron chi connectivity index (χ3n) is 5.20. The molecule has 2 aliphatic carbocycles. The fourth-order valence-electron chi connectivity index (χ4n) is 3.47. The molecule has 3 nitrogen and oxygen atoms in total. The maximum atomic E-state index is 12.3. The van der Waals surface area contributed by atoms with Gasteiger partial charge < -0.3 is 9.47 Å². The molecule has 0 radical (unpaired) electrons. The van der Waals surface area contributed by atoms with Crippen LogP contribution in [0, 0.1) is 11.8 Å². The maximum absolute atomic E-state index is 12.3. The molecule has 0 amide bonds. The molecule has 0 fully saturated rings. The third kappa shape index (κ3) is 4.37. The highest BCUT2D eigenvalue weighted by Gasteiger charge is 2.38. The Morgan fingerprint density at radius 1 is 0.818 bits per heavy atom. The lowest BCUT2D eigenvalue weighted by atomic mass is 9.81. The second kappa shape index (κ2) is 6.89. The van der Waals surface area contributed by atoms with Crippen molar-refractivity contribution in [1.29, 1.82) is 0 Å². The number of hydrogen-bond donors (Lipinski definition) is 0. The zero-order chi connectivity index (χ0) is 16.2. The summed E-state index contributed by atoms with van der Waals surface area (Å²) >= 11 is 0. The molecule has 0 aromatic carbocycles. The normalized spacial score (nSPS) is 25.8. The molecule has 22 heavy (non-hydrogen) atoms. The molecule has 0 spiro atoms. The Balaban J connectivity index is 1.90. The quantitative estimate of drug-likeness (QED) is 0.514. The SMILES string of the molecule is CC(C)(OC(=O)OC(C)(C)C1CC=CCC1)C1CC=CCC1. The van der Waals surface area contributed by atoms with E-state index in [1.807, 2.05) is 27.7 Å². The summed E-state index contributed by atoms with van der Waals surface area (Å²) < 4.78 is 11.4. The second-order valence-corrected chi connectivity index (χ2v) is 7.62. The molecule has 0 saturated heterocycles. The van der Waals surface area contributed by atoms with E-state index in [9.17, 15) is 4.79 Å². The Morgan fingerprint density at radius 2 is 1.23 bits per heavy atom. The van der Waals surface area contributed by atoms with E-state index in [1.54, 1.807) is 0 Å². The minimum absolute atomic E-state index is 0.366. The van der Waals surface area contributed by atoms with Crippen molar-refractivity contribution in [3.8, 4) is 0 Å². The highest BCUT2D eigenvalue weighted by atomic mass is 16.7. The van der Waals surface area contributed by atoms with Gasteiger partial charge in [0.1, 0.15) is 11.2 Å². The first-order valence-electron chi connectivity index (χ1n) is 8.53. The number of ether oxygens (including phenoxy) is 2. The molecule has 2 atom stereocenters. The summed E-state index contributed by atoms with van der Waals surface area (Å²) in [6.07, 6.45) is 14.4. The van der Waals surface area contributed by atoms with Gasteiger partial charge in [-0.3, -0.25) is 0 Å². The molecular weight excluding hydrogens is 276 g/mol. The first kappa shape index (κ1) is 17.1. The van der Waals surface area contributed by atoms with E-state index < -0.39 is 17.4 Å². The van der Waals surface area contributed by atoms with Crippen LogP contribution in [0.3, 0.4) is 0 Å². The van der Waals surface area contributed by atoms with Gasteiger partial charge in [0.25, 0.3) is 0 Å².